The van der Waals surface area contributed by atoms with Gasteiger partial charge in [-0.05, 0) is 53.1 Å². The van der Waals surface area contributed by atoms with E-state index in [-0.39, 0.29) is 5.97 Å². The van der Waals surface area contributed by atoms with Crippen molar-refractivity contribution in [2.45, 2.75) is 52.4 Å². The van der Waals surface area contributed by atoms with Gasteiger partial charge >= 0.3 is 5.97 Å². The van der Waals surface area contributed by atoms with Gasteiger partial charge in [-0.25, -0.2) is 0 Å². The molecule has 0 radical (unpaired) electrons. The number of unbranched alkanes of at least 4 members (excludes halogenated alkanes) is 2. The molecule has 0 aliphatic rings. The van der Waals surface area contributed by atoms with E-state index < -0.39 is 0 Å². The van der Waals surface area contributed by atoms with E-state index in [2.05, 4.69) is 74.5 Å². The first kappa shape index (κ1) is 21.7. The molecule has 0 atom stereocenters. The van der Waals surface area contributed by atoms with Crippen molar-refractivity contribution in [2.75, 3.05) is 7.11 Å². The SMILES string of the molecule is CCCC=Cc1cc(C=CCCC)c(Cc2ccccc2)c(CC(=O)OC)c1. The molecule has 0 amide bonds. The van der Waals surface area contributed by atoms with Gasteiger partial charge in [-0.2, -0.15) is 0 Å². The molecule has 2 aromatic carbocycles. The van der Waals surface area contributed by atoms with Crippen LogP contribution in [-0.2, 0) is 22.4 Å². The molecule has 0 saturated carbocycles. The lowest BCUT2D eigenvalue weighted by Gasteiger charge is -2.15. The molecule has 0 unspecified atom stereocenters. The van der Waals surface area contributed by atoms with Gasteiger partial charge in [0.05, 0.1) is 13.5 Å². The quantitative estimate of drug-likeness (QED) is 0.436. The molecule has 0 heterocycles. The van der Waals surface area contributed by atoms with Gasteiger partial charge in [0.15, 0.2) is 0 Å². The zero-order valence-corrected chi connectivity index (χ0v) is 17.4. The second kappa shape index (κ2) is 12.0. The molecule has 2 nitrogen and oxygen atoms in total. The fourth-order valence-electron chi connectivity index (χ4n) is 3.19. The Bertz CT molecular complexity index is 801. The van der Waals surface area contributed by atoms with E-state index in [9.17, 15) is 4.79 Å². The van der Waals surface area contributed by atoms with Crippen LogP contribution in [0.5, 0.6) is 0 Å². The van der Waals surface area contributed by atoms with Gasteiger partial charge in [0.25, 0.3) is 0 Å². The molecule has 0 N–H and O–H groups in total. The van der Waals surface area contributed by atoms with E-state index in [0.717, 1.165) is 43.2 Å². The van der Waals surface area contributed by atoms with Crippen LogP contribution < -0.4 is 0 Å². The second-order valence-corrected chi connectivity index (χ2v) is 7.05. The van der Waals surface area contributed by atoms with Crippen LogP contribution in [0.1, 0.15) is 67.3 Å². The first-order chi connectivity index (χ1) is 13.7. The van der Waals surface area contributed by atoms with Crippen LogP contribution >= 0.6 is 0 Å². The standard InChI is InChI=1S/C26H32O2/c1-4-6-9-15-22-17-23(16-10-7-5-2)25(19-21-13-11-8-12-14-21)24(18-22)20-26(27)28-3/h8-18H,4-7,19-20H2,1-3H3. The topological polar surface area (TPSA) is 26.3 Å². The summed E-state index contributed by atoms with van der Waals surface area (Å²) >= 11 is 0. The fraction of sp³-hybridized carbons (Fsp3) is 0.346. The van der Waals surface area contributed by atoms with Gasteiger partial charge in [0.1, 0.15) is 0 Å². The smallest absolute Gasteiger partial charge is 0.309 e. The van der Waals surface area contributed by atoms with Crippen LogP contribution in [0.25, 0.3) is 12.2 Å². The summed E-state index contributed by atoms with van der Waals surface area (Å²) in [5.74, 6) is -0.201. The Morgan fingerprint density at radius 2 is 1.64 bits per heavy atom. The highest BCUT2D eigenvalue weighted by atomic mass is 16.5. The lowest BCUT2D eigenvalue weighted by molar-refractivity contribution is -0.139. The fourth-order valence-corrected chi connectivity index (χ4v) is 3.19. The number of allylic oxidation sites excluding steroid dienone is 2. The van der Waals surface area contributed by atoms with Gasteiger partial charge in [-0.3, -0.25) is 4.79 Å². The van der Waals surface area contributed by atoms with Crippen LogP contribution in [0.4, 0.5) is 0 Å². The summed E-state index contributed by atoms with van der Waals surface area (Å²) in [6.45, 7) is 4.36. The zero-order chi connectivity index (χ0) is 20.2. The molecule has 0 aliphatic heterocycles. The highest BCUT2D eigenvalue weighted by Gasteiger charge is 2.13. The molecular formula is C26H32O2. The number of benzene rings is 2. The van der Waals surface area contributed by atoms with Crippen molar-refractivity contribution in [3.63, 3.8) is 0 Å². The maximum Gasteiger partial charge on any atom is 0.309 e. The molecule has 0 saturated heterocycles. The summed E-state index contributed by atoms with van der Waals surface area (Å²) in [5.41, 5.74) is 5.82. The van der Waals surface area contributed by atoms with E-state index in [4.69, 9.17) is 4.74 Å². The Balaban J connectivity index is 2.52. The van der Waals surface area contributed by atoms with Gasteiger partial charge < -0.3 is 4.74 Å². The highest BCUT2D eigenvalue weighted by molar-refractivity contribution is 5.75. The van der Waals surface area contributed by atoms with Crippen LogP contribution in [0.15, 0.2) is 54.6 Å². The molecule has 28 heavy (non-hydrogen) atoms. The van der Waals surface area contributed by atoms with E-state index >= 15 is 0 Å². The third-order valence-electron chi connectivity index (χ3n) is 4.70. The normalized spacial score (nSPS) is 11.4. The Kier molecular flexibility index (Phi) is 9.27. The Morgan fingerprint density at radius 3 is 2.29 bits per heavy atom. The van der Waals surface area contributed by atoms with Gasteiger partial charge in [0.2, 0.25) is 0 Å². The van der Waals surface area contributed by atoms with Crippen LogP contribution in [0.2, 0.25) is 0 Å². The average Bonchev–Trinajstić information content (AvgIpc) is 2.71. The molecule has 0 spiro atoms. The first-order valence-electron chi connectivity index (χ1n) is 10.3. The molecule has 148 valence electrons. The zero-order valence-electron chi connectivity index (χ0n) is 17.4. The van der Waals surface area contributed by atoms with E-state index in [1.54, 1.807) is 0 Å². The molecule has 0 bridgehead atoms. The third kappa shape index (κ3) is 6.84. The number of carbonyl (C=O) groups excluding carboxylic acids is 1. The van der Waals surface area contributed by atoms with Crippen molar-refractivity contribution in [2.24, 2.45) is 0 Å². The predicted molar refractivity (Wildman–Crippen MR) is 119 cm³/mol. The molecule has 2 heteroatoms. The van der Waals surface area contributed by atoms with Crippen molar-refractivity contribution in [3.8, 4) is 0 Å². The minimum absolute atomic E-state index is 0.201. The van der Waals surface area contributed by atoms with Crippen molar-refractivity contribution >= 4 is 18.1 Å². The number of methoxy groups -OCH3 is 1. The summed E-state index contributed by atoms with van der Waals surface area (Å²) < 4.78 is 4.96. The number of rotatable bonds is 10. The van der Waals surface area contributed by atoms with Gasteiger partial charge in [-0.1, -0.05) is 87.4 Å². The monoisotopic (exact) mass is 376 g/mol. The Morgan fingerprint density at radius 1 is 0.964 bits per heavy atom. The minimum atomic E-state index is -0.201. The van der Waals surface area contributed by atoms with Crippen molar-refractivity contribution < 1.29 is 9.53 Å². The number of carbonyl (C=O) groups is 1. The predicted octanol–water partition coefficient (Wildman–Crippen LogP) is 6.62. The molecule has 2 rings (SSSR count). The first-order valence-corrected chi connectivity index (χ1v) is 10.3. The molecular weight excluding hydrogens is 344 g/mol. The van der Waals surface area contributed by atoms with Crippen LogP contribution in [0, 0.1) is 0 Å². The van der Waals surface area contributed by atoms with Crippen molar-refractivity contribution in [1.82, 2.24) is 0 Å². The third-order valence-corrected chi connectivity index (χ3v) is 4.70. The van der Waals surface area contributed by atoms with Crippen molar-refractivity contribution in [1.29, 1.82) is 0 Å². The molecule has 2 aromatic rings. The largest absolute Gasteiger partial charge is 0.469 e. The minimum Gasteiger partial charge on any atom is -0.469 e. The summed E-state index contributed by atoms with van der Waals surface area (Å²) in [4.78, 5) is 12.1. The summed E-state index contributed by atoms with van der Waals surface area (Å²) in [6, 6.07) is 14.8. The van der Waals surface area contributed by atoms with E-state index in [1.165, 1.54) is 23.8 Å². The highest BCUT2D eigenvalue weighted by Crippen LogP contribution is 2.25. The number of esters is 1. The maximum absolute atomic E-state index is 12.1. The Labute approximate surface area is 169 Å². The summed E-state index contributed by atoms with van der Waals surface area (Å²) in [5, 5.41) is 0. The van der Waals surface area contributed by atoms with E-state index in [1.807, 2.05) is 6.07 Å². The number of hydrogen-bond acceptors (Lipinski definition) is 2. The van der Waals surface area contributed by atoms with Gasteiger partial charge in [0, 0.05) is 0 Å². The van der Waals surface area contributed by atoms with Gasteiger partial charge in [-0.15, -0.1) is 0 Å². The summed E-state index contributed by atoms with van der Waals surface area (Å²) in [6.07, 6.45) is 14.2. The lowest BCUT2D eigenvalue weighted by Crippen LogP contribution is -2.09. The molecule has 0 aliphatic carbocycles. The van der Waals surface area contributed by atoms with Crippen LogP contribution in [-0.4, -0.2) is 13.1 Å². The van der Waals surface area contributed by atoms with Crippen LogP contribution in [0.3, 0.4) is 0 Å². The van der Waals surface area contributed by atoms with Crippen molar-refractivity contribution in [3.05, 3.63) is 82.4 Å². The lowest BCUT2D eigenvalue weighted by atomic mass is 9.90. The number of hydrogen-bond donors (Lipinski definition) is 0. The summed E-state index contributed by atoms with van der Waals surface area (Å²) in [7, 11) is 1.45. The maximum atomic E-state index is 12.1. The van der Waals surface area contributed by atoms with E-state index in [0.29, 0.717) is 6.42 Å². The second-order valence-electron chi connectivity index (χ2n) is 7.05. The average molecular weight is 377 g/mol. The molecule has 0 fully saturated rings. The number of ether oxygens (including phenoxy) is 1. The Hall–Kier alpha value is -2.61. The molecule has 0 aromatic heterocycles.